The van der Waals surface area contributed by atoms with Crippen molar-refractivity contribution in [2.24, 2.45) is 0 Å². The van der Waals surface area contributed by atoms with Gasteiger partial charge in [0.2, 0.25) is 0 Å². The molecule has 1 unspecified atom stereocenters. The molecule has 10 heteroatoms. The molecular formula is C3H3AgCl2F3O3S. The molecule has 3 nitrogen and oxygen atoms in total. The quantitative estimate of drug-likeness (QED) is 0.335. The normalized spacial score (nSPS) is 14.8. The predicted molar refractivity (Wildman–Crippen MR) is 36.4 cm³/mol. The van der Waals surface area contributed by atoms with E-state index in [0.717, 1.165) is 0 Å². The van der Waals surface area contributed by atoms with Crippen LogP contribution in [-0.2, 0) is 36.7 Å². The molecule has 0 rings (SSSR count). The van der Waals surface area contributed by atoms with Gasteiger partial charge in [-0.3, -0.25) is 0 Å². The van der Waals surface area contributed by atoms with Crippen LogP contribution in [0.1, 0.15) is 0 Å². The Hall–Kier alpha value is 1.02. The Morgan fingerprint density at radius 3 is 2.00 bits per heavy atom. The molecule has 1 radical (unpaired) electrons. The van der Waals surface area contributed by atoms with Crippen molar-refractivity contribution in [2.45, 2.75) is 11.1 Å². The van der Waals surface area contributed by atoms with Gasteiger partial charge >= 0.3 is 15.6 Å². The Kier molecular flexibility index (Phi) is 7.33. The van der Waals surface area contributed by atoms with Crippen molar-refractivity contribution >= 4 is 33.3 Å². The molecule has 0 aliphatic rings. The van der Waals surface area contributed by atoms with Gasteiger partial charge in [-0.15, -0.1) is 11.6 Å². The number of rotatable bonds is 3. The van der Waals surface area contributed by atoms with Crippen LogP contribution in [0.4, 0.5) is 13.2 Å². The summed E-state index contributed by atoms with van der Waals surface area (Å²) in [6.45, 7) is 0. The van der Waals surface area contributed by atoms with Crippen LogP contribution in [0.3, 0.4) is 0 Å². The van der Waals surface area contributed by atoms with E-state index >= 15 is 0 Å². The SMILES string of the molecule is O=S(=O)(OC(Cl)CCl)C(F)(F)F.[Ag]. The van der Waals surface area contributed by atoms with Crippen molar-refractivity contribution in [2.75, 3.05) is 5.88 Å². The first-order valence-corrected chi connectivity index (χ1v) is 4.78. The number of hydrogen-bond donors (Lipinski definition) is 0. The Labute approximate surface area is 98.2 Å². The fourth-order valence-corrected chi connectivity index (χ4v) is 1.09. The molecule has 0 saturated carbocycles. The van der Waals surface area contributed by atoms with E-state index in [1.54, 1.807) is 0 Å². The van der Waals surface area contributed by atoms with Crippen molar-refractivity contribution in [3.63, 3.8) is 0 Å². The van der Waals surface area contributed by atoms with Crippen molar-refractivity contribution in [3.8, 4) is 0 Å². The Morgan fingerprint density at radius 1 is 1.38 bits per heavy atom. The zero-order chi connectivity index (χ0) is 9.99. The number of halogens is 5. The van der Waals surface area contributed by atoms with Gasteiger partial charge < -0.3 is 0 Å². The van der Waals surface area contributed by atoms with Gasteiger partial charge in [0.1, 0.15) is 0 Å². The van der Waals surface area contributed by atoms with E-state index in [9.17, 15) is 21.6 Å². The minimum Gasteiger partial charge on any atom is -0.242 e. The summed E-state index contributed by atoms with van der Waals surface area (Å²) in [5, 5.41) is 0. The molecule has 0 fully saturated rings. The Morgan fingerprint density at radius 2 is 1.77 bits per heavy atom. The minimum absolute atomic E-state index is 0. The molecule has 0 aromatic heterocycles. The Bertz CT molecular complexity index is 241. The summed E-state index contributed by atoms with van der Waals surface area (Å²) in [7, 11) is -5.63. The van der Waals surface area contributed by atoms with Crippen LogP contribution in [0.25, 0.3) is 0 Å². The summed E-state index contributed by atoms with van der Waals surface area (Å²) < 4.78 is 58.2. The topological polar surface area (TPSA) is 43.4 Å². The zero-order valence-electron chi connectivity index (χ0n) is 5.61. The van der Waals surface area contributed by atoms with Crippen LogP contribution < -0.4 is 0 Å². The van der Waals surface area contributed by atoms with Gasteiger partial charge in [-0.2, -0.15) is 21.6 Å². The summed E-state index contributed by atoms with van der Waals surface area (Å²) in [6.07, 6.45) is 0. The number of alkyl halides is 5. The first-order chi connectivity index (χ1) is 5.20. The van der Waals surface area contributed by atoms with Crippen molar-refractivity contribution in [1.82, 2.24) is 0 Å². The molecule has 85 valence electrons. The van der Waals surface area contributed by atoms with Crippen LogP contribution in [0.5, 0.6) is 0 Å². The van der Waals surface area contributed by atoms with Crippen molar-refractivity contribution < 1.29 is 48.2 Å². The monoisotopic (exact) mass is 353 g/mol. The first-order valence-electron chi connectivity index (χ1n) is 2.40. The van der Waals surface area contributed by atoms with E-state index in [1.807, 2.05) is 0 Å². The number of hydrogen-bond acceptors (Lipinski definition) is 3. The van der Waals surface area contributed by atoms with Gasteiger partial charge in [0.15, 0.2) is 5.56 Å². The van der Waals surface area contributed by atoms with Gasteiger partial charge in [-0.1, -0.05) is 11.6 Å². The van der Waals surface area contributed by atoms with Gasteiger partial charge in [-0.25, -0.2) is 4.18 Å². The molecule has 0 aliphatic heterocycles. The predicted octanol–water partition coefficient (Wildman–Crippen LogP) is 1.65. The van der Waals surface area contributed by atoms with E-state index in [2.05, 4.69) is 4.18 Å². The molecule has 0 heterocycles. The molecule has 13 heavy (non-hydrogen) atoms. The van der Waals surface area contributed by atoms with E-state index in [-0.39, 0.29) is 22.4 Å². The third kappa shape index (κ3) is 5.46. The molecule has 0 bridgehead atoms. The Balaban J connectivity index is 0. The summed E-state index contributed by atoms with van der Waals surface area (Å²) in [5.74, 6) is -0.559. The van der Waals surface area contributed by atoms with E-state index in [1.165, 1.54) is 0 Å². The molecule has 0 aliphatic carbocycles. The van der Waals surface area contributed by atoms with E-state index < -0.39 is 27.1 Å². The third-order valence-corrected chi connectivity index (χ3v) is 2.48. The molecule has 0 spiro atoms. The van der Waals surface area contributed by atoms with Crippen LogP contribution in [0.15, 0.2) is 0 Å². The van der Waals surface area contributed by atoms with Crippen LogP contribution >= 0.6 is 23.2 Å². The second kappa shape index (κ2) is 5.79. The van der Waals surface area contributed by atoms with E-state index in [4.69, 9.17) is 23.2 Å². The third-order valence-electron chi connectivity index (χ3n) is 0.636. The maximum atomic E-state index is 11.5. The van der Waals surface area contributed by atoms with Gasteiger partial charge in [-0.05, 0) is 0 Å². The summed E-state index contributed by atoms with van der Waals surface area (Å²) in [6, 6.07) is 0. The molecular weight excluding hydrogens is 352 g/mol. The van der Waals surface area contributed by atoms with Gasteiger partial charge in [0, 0.05) is 22.4 Å². The summed E-state index contributed by atoms with van der Waals surface area (Å²) in [4.78, 5) is 0. The largest absolute Gasteiger partial charge is 0.523 e. The smallest absolute Gasteiger partial charge is 0.242 e. The van der Waals surface area contributed by atoms with E-state index in [0.29, 0.717) is 0 Å². The maximum Gasteiger partial charge on any atom is 0.523 e. The molecule has 0 saturated heterocycles. The van der Waals surface area contributed by atoms with Crippen LogP contribution in [0.2, 0.25) is 0 Å². The average molecular weight is 355 g/mol. The standard InChI is InChI=1S/C3H3Cl2F3O3S.Ag/c4-1-2(5)11-12(9,10)3(6,7)8;/h2H,1H2;. The molecule has 0 N–H and O–H groups in total. The van der Waals surface area contributed by atoms with Crippen LogP contribution in [0, 0.1) is 0 Å². The minimum atomic E-state index is -5.63. The second-order valence-electron chi connectivity index (χ2n) is 1.56. The molecule has 0 aromatic rings. The summed E-state index contributed by atoms with van der Waals surface area (Å²) in [5.41, 5.74) is -7.18. The van der Waals surface area contributed by atoms with Gasteiger partial charge in [0.05, 0.1) is 5.88 Å². The van der Waals surface area contributed by atoms with Crippen LogP contribution in [-0.4, -0.2) is 25.4 Å². The average Bonchev–Trinajstić information content (AvgIpc) is 1.84. The molecule has 0 aromatic carbocycles. The summed E-state index contributed by atoms with van der Waals surface area (Å²) >= 11 is 9.84. The first kappa shape index (κ1) is 16.5. The maximum absolute atomic E-state index is 11.5. The van der Waals surface area contributed by atoms with Crippen molar-refractivity contribution in [1.29, 1.82) is 0 Å². The molecule has 0 amide bonds. The second-order valence-corrected chi connectivity index (χ2v) is 3.92. The van der Waals surface area contributed by atoms with Gasteiger partial charge in [0.25, 0.3) is 0 Å². The zero-order valence-corrected chi connectivity index (χ0v) is 9.42. The fraction of sp³-hybridized carbons (Fsp3) is 1.00. The molecule has 1 atom stereocenters. The fourth-order valence-electron chi connectivity index (χ4n) is 0.218. The van der Waals surface area contributed by atoms with Crippen molar-refractivity contribution in [3.05, 3.63) is 0 Å².